The van der Waals surface area contributed by atoms with Crippen molar-refractivity contribution in [3.05, 3.63) is 64.5 Å². The van der Waals surface area contributed by atoms with E-state index >= 15 is 0 Å². The summed E-state index contributed by atoms with van der Waals surface area (Å²) in [6, 6.07) is 5.08. The van der Waals surface area contributed by atoms with Gasteiger partial charge in [-0.15, -0.1) is 17.9 Å². The number of alkyl halides is 3. The van der Waals surface area contributed by atoms with Crippen LogP contribution in [-0.4, -0.2) is 30.8 Å². The van der Waals surface area contributed by atoms with Crippen molar-refractivity contribution in [1.29, 1.82) is 0 Å². The van der Waals surface area contributed by atoms with Gasteiger partial charge in [-0.25, -0.2) is 9.78 Å². The lowest BCUT2D eigenvalue weighted by Gasteiger charge is -2.16. The number of hydrogen-bond donors (Lipinski definition) is 0. The number of nitrogens with zero attached hydrogens (tertiary/aromatic N) is 2. The number of thiazole rings is 1. The summed E-state index contributed by atoms with van der Waals surface area (Å²) in [5, 5.41) is 2.45. The van der Waals surface area contributed by atoms with Crippen LogP contribution in [0.1, 0.15) is 30.3 Å². The van der Waals surface area contributed by atoms with Crippen molar-refractivity contribution in [1.82, 2.24) is 4.98 Å². The zero-order chi connectivity index (χ0) is 22.3. The van der Waals surface area contributed by atoms with E-state index in [4.69, 9.17) is 4.74 Å². The third-order valence-corrected chi connectivity index (χ3v) is 5.44. The van der Waals surface area contributed by atoms with Crippen molar-refractivity contribution in [3.63, 3.8) is 0 Å². The van der Waals surface area contributed by atoms with Crippen LogP contribution in [0.3, 0.4) is 0 Å². The van der Waals surface area contributed by atoms with Gasteiger partial charge in [0.2, 0.25) is 0 Å². The van der Waals surface area contributed by atoms with E-state index in [2.05, 4.69) is 16.6 Å². The second kappa shape index (κ2) is 10.3. The van der Waals surface area contributed by atoms with Crippen molar-refractivity contribution in [2.24, 2.45) is 10.9 Å². The summed E-state index contributed by atoms with van der Waals surface area (Å²) in [4.78, 5) is 20.6. The van der Waals surface area contributed by atoms with E-state index in [1.807, 2.05) is 6.92 Å². The van der Waals surface area contributed by atoms with Crippen LogP contribution < -0.4 is 0 Å². The van der Waals surface area contributed by atoms with Gasteiger partial charge in [0.25, 0.3) is 0 Å². The Hall–Kier alpha value is -2.74. The quantitative estimate of drug-likeness (QED) is 0.223. The summed E-state index contributed by atoms with van der Waals surface area (Å²) >= 11 is 1.35. The molecule has 2 atom stereocenters. The van der Waals surface area contributed by atoms with Gasteiger partial charge in [-0.3, -0.25) is 4.99 Å². The van der Waals surface area contributed by atoms with Crippen LogP contribution in [0.15, 0.2) is 58.9 Å². The molecule has 1 aromatic heterocycles. The first-order valence-corrected chi connectivity index (χ1v) is 10.2. The van der Waals surface area contributed by atoms with Gasteiger partial charge in [-0.1, -0.05) is 31.2 Å². The van der Waals surface area contributed by atoms with E-state index in [0.29, 0.717) is 16.8 Å². The second-order valence-electron chi connectivity index (χ2n) is 6.48. The van der Waals surface area contributed by atoms with Crippen LogP contribution in [0.5, 0.6) is 0 Å². The molecule has 2 unspecified atom stereocenters. The summed E-state index contributed by atoms with van der Waals surface area (Å²) in [5.74, 6) is -0.879. The highest BCUT2D eigenvalue weighted by atomic mass is 32.1. The molecule has 2 aromatic rings. The van der Waals surface area contributed by atoms with Crippen molar-refractivity contribution in [3.8, 4) is 11.3 Å². The third-order valence-electron chi connectivity index (χ3n) is 4.40. The van der Waals surface area contributed by atoms with Crippen LogP contribution in [0.2, 0.25) is 0 Å². The molecule has 1 aromatic carbocycles. The second-order valence-corrected chi connectivity index (χ2v) is 7.37. The summed E-state index contributed by atoms with van der Waals surface area (Å²) < 4.78 is 44.0. The fourth-order valence-corrected chi connectivity index (χ4v) is 3.73. The normalized spacial score (nSPS) is 14.5. The fraction of sp³-hybridized carbons (Fsp3) is 0.318. The molecule has 0 radical (unpaired) electrons. The van der Waals surface area contributed by atoms with Gasteiger partial charge in [-0.2, -0.15) is 13.2 Å². The molecule has 0 amide bonds. The lowest BCUT2D eigenvalue weighted by atomic mass is 9.92. The monoisotopic (exact) mass is 436 g/mol. The van der Waals surface area contributed by atoms with E-state index in [-0.39, 0.29) is 18.4 Å². The van der Waals surface area contributed by atoms with Crippen LogP contribution in [0.4, 0.5) is 13.2 Å². The number of halogens is 3. The average Bonchev–Trinajstić information content (AvgIpc) is 3.20. The predicted octanol–water partition coefficient (Wildman–Crippen LogP) is 5.92. The van der Waals surface area contributed by atoms with Crippen molar-refractivity contribution in [2.45, 2.75) is 25.9 Å². The lowest BCUT2D eigenvalue weighted by Crippen LogP contribution is -2.13. The number of hydrogen-bond acceptors (Lipinski definition) is 5. The van der Waals surface area contributed by atoms with E-state index in [1.165, 1.54) is 23.6 Å². The molecule has 4 nitrogen and oxygen atoms in total. The van der Waals surface area contributed by atoms with Crippen molar-refractivity contribution in [2.75, 3.05) is 13.7 Å². The first-order chi connectivity index (χ1) is 14.2. The maximum absolute atomic E-state index is 13.0. The number of ether oxygens (including phenoxy) is 1. The van der Waals surface area contributed by atoms with Gasteiger partial charge in [0.1, 0.15) is 0 Å². The number of carbonyl (C=O) groups is 1. The summed E-state index contributed by atoms with van der Waals surface area (Å²) in [7, 11) is 1.56. The minimum absolute atomic E-state index is 0.151. The van der Waals surface area contributed by atoms with E-state index < -0.39 is 17.7 Å². The molecule has 0 saturated carbocycles. The zero-order valence-electron chi connectivity index (χ0n) is 16.9. The Morgan fingerprint density at radius 3 is 2.73 bits per heavy atom. The van der Waals surface area contributed by atoms with Gasteiger partial charge in [0, 0.05) is 36.0 Å². The number of allylic oxidation sites excluding steroid dienone is 2. The fourth-order valence-electron chi connectivity index (χ4n) is 2.79. The first-order valence-electron chi connectivity index (χ1n) is 9.28. The molecule has 0 bridgehead atoms. The molecule has 2 rings (SSSR count). The number of aliphatic imine (C=N–C) groups is 1. The summed E-state index contributed by atoms with van der Waals surface area (Å²) in [5.41, 5.74) is 0.467. The molecule has 0 spiro atoms. The Morgan fingerprint density at radius 2 is 2.13 bits per heavy atom. The standard InChI is InChI=1S/C22H23F3N2O2S/c1-5-15(10-17(12-26-4)21(28)29-6-2)14(3)20-27-19(13-30-20)16-8-7-9-18(11-16)22(23,24)25/h5,7-15H,1,6H2,2-4H3/b17-10+,26-12?. The van der Waals surface area contributed by atoms with Gasteiger partial charge >= 0.3 is 12.1 Å². The number of aromatic nitrogens is 1. The molecule has 160 valence electrons. The number of carbonyl (C=O) groups excluding carboxylic acids is 1. The van der Waals surface area contributed by atoms with Gasteiger partial charge in [-0.05, 0) is 19.1 Å². The molecular weight excluding hydrogens is 413 g/mol. The first kappa shape index (κ1) is 23.5. The van der Waals surface area contributed by atoms with Crippen LogP contribution >= 0.6 is 11.3 Å². The van der Waals surface area contributed by atoms with Crippen LogP contribution in [-0.2, 0) is 15.7 Å². The highest BCUT2D eigenvalue weighted by Gasteiger charge is 2.30. The molecule has 0 aliphatic rings. The SMILES string of the molecule is C=CC(/C=C(\C=NC)C(=O)OCC)C(C)c1nc(-c2cccc(C(F)(F)F)c2)cs1. The smallest absolute Gasteiger partial charge is 0.416 e. The number of rotatable bonds is 8. The Morgan fingerprint density at radius 1 is 1.40 bits per heavy atom. The molecule has 0 N–H and O–H groups in total. The summed E-state index contributed by atoms with van der Waals surface area (Å²) in [6.07, 6.45) is 0.426. The van der Waals surface area contributed by atoms with E-state index in [1.54, 1.807) is 37.6 Å². The van der Waals surface area contributed by atoms with E-state index in [9.17, 15) is 18.0 Å². The Labute approximate surface area is 177 Å². The Kier molecular flexibility index (Phi) is 8.11. The number of esters is 1. The molecule has 8 heteroatoms. The minimum Gasteiger partial charge on any atom is -0.462 e. The van der Waals surface area contributed by atoms with Crippen LogP contribution in [0.25, 0.3) is 11.3 Å². The molecular formula is C22H23F3N2O2S. The van der Waals surface area contributed by atoms with Crippen LogP contribution in [0, 0.1) is 5.92 Å². The van der Waals surface area contributed by atoms with E-state index in [0.717, 1.165) is 17.1 Å². The average molecular weight is 436 g/mol. The molecule has 30 heavy (non-hydrogen) atoms. The Bertz CT molecular complexity index is 948. The van der Waals surface area contributed by atoms with Crippen molar-refractivity contribution >= 4 is 23.5 Å². The lowest BCUT2D eigenvalue weighted by molar-refractivity contribution is -0.138. The minimum atomic E-state index is -4.41. The highest BCUT2D eigenvalue weighted by Crippen LogP contribution is 2.35. The zero-order valence-corrected chi connectivity index (χ0v) is 17.8. The molecule has 1 heterocycles. The largest absolute Gasteiger partial charge is 0.462 e. The predicted molar refractivity (Wildman–Crippen MR) is 114 cm³/mol. The Balaban J connectivity index is 2.32. The highest BCUT2D eigenvalue weighted by molar-refractivity contribution is 7.10. The maximum atomic E-state index is 13.0. The maximum Gasteiger partial charge on any atom is 0.416 e. The van der Waals surface area contributed by atoms with Gasteiger partial charge in [0.15, 0.2) is 0 Å². The van der Waals surface area contributed by atoms with Crippen molar-refractivity contribution < 1.29 is 22.7 Å². The molecule has 0 aliphatic carbocycles. The molecule has 0 saturated heterocycles. The van der Waals surface area contributed by atoms with Gasteiger partial charge < -0.3 is 4.74 Å². The topological polar surface area (TPSA) is 51.5 Å². The molecule has 0 fully saturated rings. The number of benzene rings is 1. The van der Waals surface area contributed by atoms with Gasteiger partial charge in [0.05, 0.1) is 28.4 Å². The molecule has 0 aliphatic heterocycles. The summed E-state index contributed by atoms with van der Waals surface area (Å²) in [6.45, 7) is 7.72. The third kappa shape index (κ3) is 5.89.